The number of hydrogen-bond donors (Lipinski definition) is 1. The van der Waals surface area contributed by atoms with Crippen molar-refractivity contribution in [3.63, 3.8) is 0 Å². The minimum Gasteiger partial charge on any atom is -0.493 e. The summed E-state index contributed by atoms with van der Waals surface area (Å²) in [7, 11) is 1.66. The van der Waals surface area contributed by atoms with E-state index in [1.807, 2.05) is 24.3 Å². The zero-order valence-electron chi connectivity index (χ0n) is 13.0. The average molecular weight is 293 g/mol. The molecule has 0 radical (unpaired) electrons. The number of para-hydroxylation sites is 2. The van der Waals surface area contributed by atoms with E-state index in [2.05, 4.69) is 5.32 Å². The number of rotatable bonds is 9. The third-order valence-corrected chi connectivity index (χ3v) is 3.78. The van der Waals surface area contributed by atoms with Crippen LogP contribution in [0.25, 0.3) is 0 Å². The van der Waals surface area contributed by atoms with Crippen LogP contribution in [-0.2, 0) is 4.74 Å². The van der Waals surface area contributed by atoms with Gasteiger partial charge in [-0.3, -0.25) is 0 Å². The van der Waals surface area contributed by atoms with Gasteiger partial charge < -0.3 is 19.5 Å². The molecule has 0 aromatic heterocycles. The Bertz CT molecular complexity index is 391. The number of ether oxygens (including phenoxy) is 3. The van der Waals surface area contributed by atoms with Gasteiger partial charge in [-0.05, 0) is 37.9 Å². The molecule has 0 aliphatic carbocycles. The summed E-state index contributed by atoms with van der Waals surface area (Å²) in [5.74, 6) is 1.58. The van der Waals surface area contributed by atoms with Gasteiger partial charge in [0.1, 0.15) is 0 Å². The average Bonchev–Trinajstić information content (AvgIpc) is 2.55. The topological polar surface area (TPSA) is 39.7 Å². The maximum atomic E-state index is 5.71. The first-order valence-corrected chi connectivity index (χ1v) is 7.97. The lowest BCUT2D eigenvalue weighted by molar-refractivity contribution is 0.108. The maximum absolute atomic E-state index is 5.71. The first-order chi connectivity index (χ1) is 10.4. The van der Waals surface area contributed by atoms with Crippen molar-refractivity contribution in [2.24, 2.45) is 0 Å². The summed E-state index contributed by atoms with van der Waals surface area (Å²) in [4.78, 5) is 0. The molecule has 1 atom stereocenters. The first kappa shape index (κ1) is 16.1. The van der Waals surface area contributed by atoms with Crippen molar-refractivity contribution < 1.29 is 14.2 Å². The van der Waals surface area contributed by atoms with E-state index in [9.17, 15) is 0 Å². The van der Waals surface area contributed by atoms with Crippen molar-refractivity contribution in [3.05, 3.63) is 24.3 Å². The molecule has 1 aliphatic heterocycles. The second-order valence-electron chi connectivity index (χ2n) is 5.40. The van der Waals surface area contributed by atoms with Gasteiger partial charge in [0.05, 0.1) is 13.7 Å². The number of benzene rings is 1. The van der Waals surface area contributed by atoms with E-state index in [0.717, 1.165) is 44.1 Å². The molecule has 2 rings (SSSR count). The van der Waals surface area contributed by atoms with Gasteiger partial charge in [0.15, 0.2) is 11.5 Å². The molecule has 21 heavy (non-hydrogen) atoms. The Kier molecular flexibility index (Phi) is 7.39. The van der Waals surface area contributed by atoms with E-state index in [1.165, 1.54) is 19.3 Å². The molecule has 4 nitrogen and oxygen atoms in total. The number of nitrogens with one attached hydrogen (secondary N) is 1. The predicted molar refractivity (Wildman–Crippen MR) is 84.2 cm³/mol. The van der Waals surface area contributed by atoms with Gasteiger partial charge in [-0.1, -0.05) is 18.6 Å². The molecule has 1 N–H and O–H groups in total. The van der Waals surface area contributed by atoms with Crippen LogP contribution in [0.15, 0.2) is 24.3 Å². The molecule has 118 valence electrons. The summed E-state index contributed by atoms with van der Waals surface area (Å²) in [5.41, 5.74) is 0. The monoisotopic (exact) mass is 293 g/mol. The summed E-state index contributed by atoms with van der Waals surface area (Å²) in [6.45, 7) is 3.41. The van der Waals surface area contributed by atoms with E-state index >= 15 is 0 Å². The van der Waals surface area contributed by atoms with Gasteiger partial charge in [-0.15, -0.1) is 0 Å². The highest BCUT2D eigenvalue weighted by Crippen LogP contribution is 2.25. The summed E-state index contributed by atoms with van der Waals surface area (Å²) in [6.07, 6.45) is 5.98. The van der Waals surface area contributed by atoms with E-state index in [1.54, 1.807) is 7.11 Å². The third kappa shape index (κ3) is 5.94. The Labute approximate surface area is 127 Å². The summed E-state index contributed by atoms with van der Waals surface area (Å²) < 4.78 is 16.6. The molecule has 0 bridgehead atoms. The number of methoxy groups -OCH3 is 1. The van der Waals surface area contributed by atoms with Crippen molar-refractivity contribution in [1.82, 2.24) is 5.32 Å². The highest BCUT2D eigenvalue weighted by Gasteiger charge is 2.11. The first-order valence-electron chi connectivity index (χ1n) is 7.97. The molecular formula is C17H27NO3. The minimum atomic E-state index is 0.655. The third-order valence-electron chi connectivity index (χ3n) is 3.78. The number of piperidine rings is 1. The fourth-order valence-corrected chi connectivity index (χ4v) is 2.58. The Balaban J connectivity index is 1.50. The molecule has 0 amide bonds. The van der Waals surface area contributed by atoms with Crippen LogP contribution in [-0.4, -0.2) is 39.5 Å². The van der Waals surface area contributed by atoms with Gasteiger partial charge in [0, 0.05) is 25.7 Å². The molecule has 1 aliphatic rings. The van der Waals surface area contributed by atoms with Crippen molar-refractivity contribution in [2.45, 2.75) is 38.1 Å². The van der Waals surface area contributed by atoms with Gasteiger partial charge in [-0.25, -0.2) is 0 Å². The van der Waals surface area contributed by atoms with Crippen LogP contribution in [0.1, 0.15) is 32.1 Å². The van der Waals surface area contributed by atoms with Gasteiger partial charge in [-0.2, -0.15) is 0 Å². The van der Waals surface area contributed by atoms with Crippen LogP contribution in [0.5, 0.6) is 11.5 Å². The maximum Gasteiger partial charge on any atom is 0.161 e. The smallest absolute Gasteiger partial charge is 0.161 e. The predicted octanol–water partition coefficient (Wildman–Crippen LogP) is 3.01. The van der Waals surface area contributed by atoms with Crippen LogP contribution in [0.2, 0.25) is 0 Å². The largest absolute Gasteiger partial charge is 0.493 e. The highest BCUT2D eigenvalue weighted by molar-refractivity contribution is 5.39. The number of hydrogen-bond acceptors (Lipinski definition) is 4. The highest BCUT2D eigenvalue weighted by atomic mass is 16.5. The SMILES string of the molecule is COc1ccccc1OCCCOCCC1CCCCN1. The van der Waals surface area contributed by atoms with Crippen molar-refractivity contribution in [3.8, 4) is 11.5 Å². The van der Waals surface area contributed by atoms with Gasteiger partial charge in [0.2, 0.25) is 0 Å². The fraction of sp³-hybridized carbons (Fsp3) is 0.647. The Hall–Kier alpha value is -1.26. The molecule has 0 spiro atoms. The molecule has 1 fully saturated rings. The minimum absolute atomic E-state index is 0.655. The van der Waals surface area contributed by atoms with E-state index in [-0.39, 0.29) is 0 Å². The Morgan fingerprint density at radius 3 is 2.71 bits per heavy atom. The molecular weight excluding hydrogens is 266 g/mol. The molecule has 4 heteroatoms. The van der Waals surface area contributed by atoms with Gasteiger partial charge in [0.25, 0.3) is 0 Å². The fourth-order valence-electron chi connectivity index (χ4n) is 2.58. The standard InChI is InChI=1S/C17H27NO3/c1-19-16-8-2-3-9-17(16)21-13-6-12-20-14-10-15-7-4-5-11-18-15/h2-3,8-9,15,18H,4-7,10-14H2,1H3. The summed E-state index contributed by atoms with van der Waals surface area (Å²) in [6, 6.07) is 8.38. The lowest BCUT2D eigenvalue weighted by Gasteiger charge is -2.23. The molecule has 1 aromatic rings. The van der Waals surface area contributed by atoms with Crippen LogP contribution in [0, 0.1) is 0 Å². The van der Waals surface area contributed by atoms with Crippen LogP contribution >= 0.6 is 0 Å². The van der Waals surface area contributed by atoms with Crippen molar-refractivity contribution >= 4 is 0 Å². The van der Waals surface area contributed by atoms with Crippen LogP contribution in [0.3, 0.4) is 0 Å². The zero-order valence-corrected chi connectivity index (χ0v) is 13.0. The molecule has 1 saturated heterocycles. The lowest BCUT2D eigenvalue weighted by atomic mass is 10.0. The molecule has 1 unspecified atom stereocenters. The normalized spacial score (nSPS) is 18.4. The Morgan fingerprint density at radius 2 is 1.95 bits per heavy atom. The molecule has 0 saturated carbocycles. The van der Waals surface area contributed by atoms with Gasteiger partial charge >= 0.3 is 0 Å². The van der Waals surface area contributed by atoms with E-state index in [0.29, 0.717) is 12.6 Å². The molecule has 1 aromatic carbocycles. The van der Waals surface area contributed by atoms with Crippen LogP contribution < -0.4 is 14.8 Å². The van der Waals surface area contributed by atoms with Crippen LogP contribution in [0.4, 0.5) is 0 Å². The second kappa shape index (κ2) is 9.64. The van der Waals surface area contributed by atoms with E-state index in [4.69, 9.17) is 14.2 Å². The Morgan fingerprint density at radius 1 is 1.10 bits per heavy atom. The second-order valence-corrected chi connectivity index (χ2v) is 5.40. The zero-order chi connectivity index (χ0) is 14.8. The van der Waals surface area contributed by atoms with E-state index < -0.39 is 0 Å². The summed E-state index contributed by atoms with van der Waals surface area (Å²) in [5, 5.41) is 3.54. The van der Waals surface area contributed by atoms with Crippen molar-refractivity contribution in [1.29, 1.82) is 0 Å². The molecule has 1 heterocycles. The van der Waals surface area contributed by atoms with Crippen molar-refractivity contribution in [2.75, 3.05) is 33.5 Å². The summed E-state index contributed by atoms with van der Waals surface area (Å²) >= 11 is 0. The lowest BCUT2D eigenvalue weighted by Crippen LogP contribution is -2.34. The quantitative estimate of drug-likeness (QED) is 0.711.